The van der Waals surface area contributed by atoms with Gasteiger partial charge in [-0.1, -0.05) is 20.3 Å². The van der Waals surface area contributed by atoms with Crippen LogP contribution in [0.2, 0.25) is 0 Å². The standard InChI is InChI=1S/C12H18/c1-3-10-9-5-7-4-8-6(2)12(7,10)11(8)9/h6-11H,3-5H2,1-2H3. The lowest BCUT2D eigenvalue weighted by atomic mass is 9.36. The molecule has 7 unspecified atom stereocenters. The molecule has 6 rings (SSSR count). The van der Waals surface area contributed by atoms with Gasteiger partial charge in [0.05, 0.1) is 0 Å². The maximum Gasteiger partial charge on any atom is -0.0176 e. The van der Waals surface area contributed by atoms with E-state index in [0.717, 1.165) is 11.3 Å². The SMILES string of the molecule is CCC1C2CC3CC4C(C)C31C42. The van der Waals surface area contributed by atoms with E-state index in [0.29, 0.717) is 0 Å². The van der Waals surface area contributed by atoms with Gasteiger partial charge in [0.15, 0.2) is 0 Å². The van der Waals surface area contributed by atoms with Gasteiger partial charge in [-0.15, -0.1) is 0 Å². The Morgan fingerprint density at radius 1 is 1.25 bits per heavy atom. The summed E-state index contributed by atoms with van der Waals surface area (Å²) < 4.78 is 0. The molecule has 0 amide bonds. The van der Waals surface area contributed by atoms with Crippen LogP contribution in [-0.2, 0) is 0 Å². The van der Waals surface area contributed by atoms with Gasteiger partial charge in [0.2, 0.25) is 0 Å². The van der Waals surface area contributed by atoms with Crippen molar-refractivity contribution in [3.8, 4) is 0 Å². The lowest BCUT2D eigenvalue weighted by Gasteiger charge is -2.68. The van der Waals surface area contributed by atoms with Crippen LogP contribution in [0.3, 0.4) is 0 Å². The van der Waals surface area contributed by atoms with Crippen molar-refractivity contribution in [3.63, 3.8) is 0 Å². The lowest BCUT2D eigenvalue weighted by molar-refractivity contribution is -0.210. The van der Waals surface area contributed by atoms with Gasteiger partial charge in [0, 0.05) is 0 Å². The van der Waals surface area contributed by atoms with Crippen LogP contribution in [0.25, 0.3) is 0 Å². The summed E-state index contributed by atoms with van der Waals surface area (Å²) in [6, 6.07) is 0. The number of rotatable bonds is 1. The molecule has 6 saturated carbocycles. The minimum Gasteiger partial charge on any atom is -0.0651 e. The molecule has 0 saturated heterocycles. The molecule has 0 aromatic rings. The van der Waals surface area contributed by atoms with E-state index in [9.17, 15) is 0 Å². The van der Waals surface area contributed by atoms with Crippen LogP contribution in [0, 0.1) is 40.9 Å². The summed E-state index contributed by atoms with van der Waals surface area (Å²) in [7, 11) is 0. The molecule has 66 valence electrons. The van der Waals surface area contributed by atoms with Crippen LogP contribution in [0.4, 0.5) is 0 Å². The van der Waals surface area contributed by atoms with Gasteiger partial charge in [0.1, 0.15) is 0 Å². The maximum atomic E-state index is 2.55. The molecule has 0 nitrogen and oxygen atoms in total. The number of hydrogen-bond donors (Lipinski definition) is 0. The first kappa shape index (κ1) is 6.45. The summed E-state index contributed by atoms with van der Waals surface area (Å²) in [5.74, 6) is 7.11. The molecular weight excluding hydrogens is 144 g/mol. The van der Waals surface area contributed by atoms with Crippen molar-refractivity contribution >= 4 is 0 Å². The zero-order valence-corrected chi connectivity index (χ0v) is 8.09. The van der Waals surface area contributed by atoms with Crippen LogP contribution >= 0.6 is 0 Å². The fourth-order valence-corrected chi connectivity index (χ4v) is 6.44. The smallest absolute Gasteiger partial charge is 0.0176 e. The predicted octanol–water partition coefficient (Wildman–Crippen LogP) is 2.93. The van der Waals surface area contributed by atoms with Crippen molar-refractivity contribution < 1.29 is 0 Å². The van der Waals surface area contributed by atoms with Gasteiger partial charge in [0.25, 0.3) is 0 Å². The lowest BCUT2D eigenvalue weighted by Crippen LogP contribution is -2.64. The molecule has 0 heteroatoms. The van der Waals surface area contributed by atoms with Crippen molar-refractivity contribution in [3.05, 3.63) is 0 Å². The molecule has 6 fully saturated rings. The molecule has 6 aliphatic rings. The molecule has 0 N–H and O–H groups in total. The average Bonchev–Trinajstić information content (AvgIpc) is 2.67. The van der Waals surface area contributed by atoms with E-state index in [1.165, 1.54) is 36.0 Å². The molecule has 5 bridgehead atoms. The first-order valence-electron chi connectivity index (χ1n) is 5.81. The van der Waals surface area contributed by atoms with Gasteiger partial charge >= 0.3 is 0 Å². The molecule has 12 heavy (non-hydrogen) atoms. The van der Waals surface area contributed by atoms with Crippen LogP contribution < -0.4 is 0 Å². The molecule has 6 aliphatic carbocycles. The quantitative estimate of drug-likeness (QED) is 0.556. The van der Waals surface area contributed by atoms with Crippen LogP contribution in [0.1, 0.15) is 33.1 Å². The Bertz CT molecular complexity index is 253. The monoisotopic (exact) mass is 162 g/mol. The second-order valence-electron chi connectivity index (χ2n) is 5.83. The molecule has 0 heterocycles. The third-order valence-corrected chi connectivity index (χ3v) is 6.35. The Hall–Kier alpha value is 0. The van der Waals surface area contributed by atoms with E-state index in [4.69, 9.17) is 0 Å². The van der Waals surface area contributed by atoms with E-state index in [-0.39, 0.29) is 0 Å². The minimum atomic E-state index is 0.935. The van der Waals surface area contributed by atoms with Gasteiger partial charge < -0.3 is 0 Å². The Labute approximate surface area is 74.7 Å². The largest absolute Gasteiger partial charge is 0.0651 e. The minimum absolute atomic E-state index is 0.935. The highest BCUT2D eigenvalue weighted by Crippen LogP contribution is 2.90. The Morgan fingerprint density at radius 2 is 2.00 bits per heavy atom. The zero-order valence-electron chi connectivity index (χ0n) is 8.09. The van der Waals surface area contributed by atoms with Crippen molar-refractivity contribution in [2.24, 2.45) is 40.9 Å². The zero-order chi connectivity index (χ0) is 8.09. The van der Waals surface area contributed by atoms with Crippen LogP contribution in [0.15, 0.2) is 0 Å². The average molecular weight is 162 g/mol. The van der Waals surface area contributed by atoms with Crippen LogP contribution in [-0.4, -0.2) is 0 Å². The molecule has 1 spiro atoms. The van der Waals surface area contributed by atoms with Crippen molar-refractivity contribution in [1.82, 2.24) is 0 Å². The Kier molecular flexibility index (Phi) is 0.811. The first-order chi connectivity index (χ1) is 5.81. The van der Waals surface area contributed by atoms with E-state index in [1.54, 1.807) is 12.8 Å². The normalized spacial score (nSPS) is 75.5. The van der Waals surface area contributed by atoms with Gasteiger partial charge in [-0.05, 0) is 53.8 Å². The van der Waals surface area contributed by atoms with Crippen molar-refractivity contribution in [1.29, 1.82) is 0 Å². The second kappa shape index (κ2) is 1.51. The summed E-state index contributed by atoms with van der Waals surface area (Å²) in [6.07, 6.45) is 4.73. The highest BCUT2D eigenvalue weighted by molar-refractivity contribution is 5.32. The summed E-state index contributed by atoms with van der Waals surface area (Å²) >= 11 is 0. The molecule has 0 aromatic heterocycles. The molecule has 7 atom stereocenters. The first-order valence-corrected chi connectivity index (χ1v) is 5.81. The second-order valence-corrected chi connectivity index (χ2v) is 5.83. The van der Waals surface area contributed by atoms with E-state index >= 15 is 0 Å². The Morgan fingerprint density at radius 3 is 2.67 bits per heavy atom. The van der Waals surface area contributed by atoms with Gasteiger partial charge in [-0.2, -0.15) is 0 Å². The van der Waals surface area contributed by atoms with E-state index in [2.05, 4.69) is 13.8 Å². The molecule has 0 aliphatic heterocycles. The molecular formula is C12H18. The highest BCUT2D eigenvalue weighted by atomic mass is 14.9. The third-order valence-electron chi connectivity index (χ3n) is 6.35. The van der Waals surface area contributed by atoms with Crippen LogP contribution in [0.5, 0.6) is 0 Å². The third kappa shape index (κ3) is 0.324. The number of hydrogen-bond acceptors (Lipinski definition) is 0. The summed E-state index contributed by atoms with van der Waals surface area (Å²) in [4.78, 5) is 0. The summed E-state index contributed by atoms with van der Waals surface area (Å²) in [5.41, 5.74) is 0.935. The predicted molar refractivity (Wildman–Crippen MR) is 48.6 cm³/mol. The highest BCUT2D eigenvalue weighted by Gasteiger charge is 2.84. The van der Waals surface area contributed by atoms with Crippen molar-refractivity contribution in [2.75, 3.05) is 0 Å². The maximum absolute atomic E-state index is 2.55. The fourth-order valence-electron chi connectivity index (χ4n) is 6.44. The van der Waals surface area contributed by atoms with E-state index in [1.807, 2.05) is 0 Å². The molecule has 0 aromatic carbocycles. The Balaban J connectivity index is 1.85. The summed E-state index contributed by atoms with van der Waals surface area (Å²) in [5, 5.41) is 0. The van der Waals surface area contributed by atoms with Crippen molar-refractivity contribution in [2.45, 2.75) is 33.1 Å². The van der Waals surface area contributed by atoms with Gasteiger partial charge in [-0.3, -0.25) is 0 Å². The fraction of sp³-hybridized carbons (Fsp3) is 1.00. The van der Waals surface area contributed by atoms with Gasteiger partial charge in [-0.25, -0.2) is 0 Å². The summed E-state index contributed by atoms with van der Waals surface area (Å²) in [6.45, 7) is 4.97. The van der Waals surface area contributed by atoms with E-state index < -0.39 is 0 Å². The molecule has 0 radical (unpaired) electrons. The topological polar surface area (TPSA) is 0 Å².